The summed E-state index contributed by atoms with van der Waals surface area (Å²) in [6, 6.07) is 11.5. The number of hydrogen-bond acceptors (Lipinski definition) is 3. The number of rotatable bonds is 2. The first-order valence-corrected chi connectivity index (χ1v) is 5.77. The van der Waals surface area contributed by atoms with E-state index in [1.165, 1.54) is 0 Å². The Kier molecular flexibility index (Phi) is 3.45. The first-order valence-electron chi connectivity index (χ1n) is 5.77. The van der Waals surface area contributed by atoms with Crippen LogP contribution in [0, 0.1) is 29.6 Å². The van der Waals surface area contributed by atoms with Gasteiger partial charge in [0.15, 0.2) is 0 Å². The summed E-state index contributed by atoms with van der Waals surface area (Å²) in [5.41, 5.74) is 3.49. The SMILES string of the molecule is Cc1c(/C=C(\C#N)c2ccccn2)cc(C#N)n1C. The zero-order valence-corrected chi connectivity index (χ0v) is 10.8. The number of hydrogen-bond donors (Lipinski definition) is 0. The second-order valence-corrected chi connectivity index (χ2v) is 4.13. The van der Waals surface area contributed by atoms with Gasteiger partial charge in [0.25, 0.3) is 0 Å². The largest absolute Gasteiger partial charge is 0.339 e. The Bertz CT molecular complexity index is 709. The molecule has 0 saturated carbocycles. The molecule has 92 valence electrons. The first kappa shape index (κ1) is 12.6. The average molecular weight is 248 g/mol. The van der Waals surface area contributed by atoms with Crippen LogP contribution in [0.15, 0.2) is 30.5 Å². The molecule has 0 fully saturated rings. The van der Waals surface area contributed by atoms with Crippen LogP contribution in [-0.4, -0.2) is 9.55 Å². The van der Waals surface area contributed by atoms with E-state index in [0.29, 0.717) is 17.0 Å². The van der Waals surface area contributed by atoms with Gasteiger partial charge < -0.3 is 4.57 Å². The zero-order valence-electron chi connectivity index (χ0n) is 10.8. The van der Waals surface area contributed by atoms with Gasteiger partial charge in [-0.1, -0.05) is 6.07 Å². The van der Waals surface area contributed by atoms with E-state index in [-0.39, 0.29) is 0 Å². The minimum atomic E-state index is 0.485. The van der Waals surface area contributed by atoms with E-state index in [1.54, 1.807) is 35.0 Å². The molecule has 0 aliphatic rings. The molecule has 0 radical (unpaired) electrons. The fourth-order valence-electron chi connectivity index (χ4n) is 1.82. The molecule has 2 aromatic heterocycles. The van der Waals surface area contributed by atoms with E-state index < -0.39 is 0 Å². The normalized spacial score (nSPS) is 10.8. The standard InChI is InChI=1S/C15H12N4/c1-11-12(8-14(10-17)19(11)2)7-13(9-16)15-5-3-4-6-18-15/h3-8H,1-2H3/b13-7+. The summed E-state index contributed by atoms with van der Waals surface area (Å²) < 4.78 is 1.80. The van der Waals surface area contributed by atoms with Gasteiger partial charge in [-0.25, -0.2) is 0 Å². The Hall–Kier alpha value is -2.85. The van der Waals surface area contributed by atoms with Crippen molar-refractivity contribution in [2.24, 2.45) is 7.05 Å². The molecule has 2 aromatic rings. The number of allylic oxidation sites excluding steroid dienone is 1. The van der Waals surface area contributed by atoms with Crippen molar-refractivity contribution in [3.05, 3.63) is 53.1 Å². The maximum Gasteiger partial charge on any atom is 0.120 e. The molecule has 0 aliphatic heterocycles. The maximum absolute atomic E-state index is 9.23. The third-order valence-corrected chi connectivity index (χ3v) is 3.05. The summed E-state index contributed by atoms with van der Waals surface area (Å²) in [6.07, 6.45) is 3.41. The molecule has 4 heteroatoms. The van der Waals surface area contributed by atoms with E-state index >= 15 is 0 Å². The highest BCUT2D eigenvalue weighted by Crippen LogP contribution is 2.20. The van der Waals surface area contributed by atoms with Crippen molar-refractivity contribution < 1.29 is 0 Å². The molecular weight excluding hydrogens is 236 g/mol. The van der Waals surface area contributed by atoms with Crippen molar-refractivity contribution in [1.29, 1.82) is 10.5 Å². The van der Waals surface area contributed by atoms with Crippen LogP contribution in [0.4, 0.5) is 0 Å². The van der Waals surface area contributed by atoms with Gasteiger partial charge in [-0.15, -0.1) is 0 Å². The molecule has 0 amide bonds. The van der Waals surface area contributed by atoms with Gasteiger partial charge in [0, 0.05) is 18.9 Å². The third kappa shape index (κ3) is 2.38. The van der Waals surface area contributed by atoms with Crippen molar-refractivity contribution in [2.75, 3.05) is 0 Å². The molecule has 4 nitrogen and oxygen atoms in total. The van der Waals surface area contributed by atoms with Crippen LogP contribution in [0.3, 0.4) is 0 Å². The van der Waals surface area contributed by atoms with Crippen LogP contribution in [0.25, 0.3) is 11.6 Å². The predicted molar refractivity (Wildman–Crippen MR) is 72.6 cm³/mol. The topological polar surface area (TPSA) is 65.4 Å². The van der Waals surface area contributed by atoms with Gasteiger partial charge in [0.05, 0.1) is 11.3 Å². The smallest absolute Gasteiger partial charge is 0.120 e. The van der Waals surface area contributed by atoms with Crippen molar-refractivity contribution >= 4 is 11.6 Å². The molecule has 0 aromatic carbocycles. The van der Waals surface area contributed by atoms with Crippen molar-refractivity contribution in [3.8, 4) is 12.1 Å². The summed E-state index contributed by atoms with van der Waals surface area (Å²) in [5, 5.41) is 18.2. The zero-order chi connectivity index (χ0) is 13.8. The molecule has 0 bridgehead atoms. The minimum absolute atomic E-state index is 0.485. The Labute approximate surface area is 111 Å². The van der Waals surface area contributed by atoms with E-state index in [2.05, 4.69) is 17.1 Å². The van der Waals surface area contributed by atoms with Gasteiger partial charge in [-0.05, 0) is 36.8 Å². The summed E-state index contributed by atoms with van der Waals surface area (Å²) in [6.45, 7) is 1.92. The van der Waals surface area contributed by atoms with Gasteiger partial charge in [-0.3, -0.25) is 4.98 Å². The Morgan fingerprint density at radius 1 is 1.37 bits per heavy atom. The second-order valence-electron chi connectivity index (χ2n) is 4.13. The lowest BCUT2D eigenvalue weighted by molar-refractivity contribution is 0.865. The summed E-state index contributed by atoms with van der Waals surface area (Å²) >= 11 is 0. The van der Waals surface area contributed by atoms with Gasteiger partial charge in [-0.2, -0.15) is 10.5 Å². The monoisotopic (exact) mass is 248 g/mol. The molecule has 0 atom stereocenters. The van der Waals surface area contributed by atoms with Crippen LogP contribution >= 0.6 is 0 Å². The fourth-order valence-corrected chi connectivity index (χ4v) is 1.82. The number of nitrogens with zero attached hydrogens (tertiary/aromatic N) is 4. The summed E-state index contributed by atoms with van der Waals surface area (Å²) in [4.78, 5) is 4.16. The Balaban J connectivity index is 2.52. The maximum atomic E-state index is 9.23. The molecule has 0 saturated heterocycles. The van der Waals surface area contributed by atoms with Gasteiger partial charge in [0.1, 0.15) is 17.8 Å². The Morgan fingerprint density at radius 2 is 2.16 bits per heavy atom. The predicted octanol–water partition coefficient (Wildman–Crippen LogP) is 2.66. The molecule has 2 rings (SSSR count). The van der Waals surface area contributed by atoms with E-state index in [0.717, 1.165) is 11.3 Å². The van der Waals surface area contributed by atoms with Crippen molar-refractivity contribution in [1.82, 2.24) is 9.55 Å². The highest BCUT2D eigenvalue weighted by atomic mass is 14.9. The number of aromatic nitrogens is 2. The molecule has 0 unspecified atom stereocenters. The molecular formula is C15H12N4. The van der Waals surface area contributed by atoms with Crippen LogP contribution < -0.4 is 0 Å². The van der Waals surface area contributed by atoms with Crippen LogP contribution in [0.5, 0.6) is 0 Å². The Morgan fingerprint density at radius 3 is 2.68 bits per heavy atom. The summed E-state index contributed by atoms with van der Waals surface area (Å²) in [7, 11) is 1.83. The molecule has 0 spiro atoms. The number of pyridine rings is 1. The molecule has 2 heterocycles. The van der Waals surface area contributed by atoms with Crippen LogP contribution in [-0.2, 0) is 7.05 Å². The van der Waals surface area contributed by atoms with E-state index in [9.17, 15) is 5.26 Å². The van der Waals surface area contributed by atoms with Gasteiger partial charge >= 0.3 is 0 Å². The van der Waals surface area contributed by atoms with Crippen molar-refractivity contribution in [3.63, 3.8) is 0 Å². The van der Waals surface area contributed by atoms with Crippen LogP contribution in [0.1, 0.15) is 22.6 Å². The fraction of sp³-hybridized carbons (Fsp3) is 0.133. The minimum Gasteiger partial charge on any atom is -0.339 e. The highest BCUT2D eigenvalue weighted by molar-refractivity contribution is 5.88. The number of nitriles is 2. The molecule has 0 aliphatic carbocycles. The van der Waals surface area contributed by atoms with Gasteiger partial charge in [0.2, 0.25) is 0 Å². The lowest BCUT2D eigenvalue weighted by Gasteiger charge is -1.99. The van der Waals surface area contributed by atoms with Crippen LogP contribution in [0.2, 0.25) is 0 Å². The van der Waals surface area contributed by atoms with E-state index in [1.807, 2.05) is 20.0 Å². The molecule has 19 heavy (non-hydrogen) atoms. The average Bonchev–Trinajstić information content (AvgIpc) is 2.73. The summed E-state index contributed by atoms with van der Waals surface area (Å²) in [5.74, 6) is 0. The highest BCUT2D eigenvalue weighted by Gasteiger charge is 2.09. The lowest BCUT2D eigenvalue weighted by atomic mass is 10.1. The van der Waals surface area contributed by atoms with Crippen molar-refractivity contribution in [2.45, 2.75) is 6.92 Å². The second kappa shape index (κ2) is 5.20. The third-order valence-electron chi connectivity index (χ3n) is 3.05. The van der Waals surface area contributed by atoms with E-state index in [4.69, 9.17) is 5.26 Å². The lowest BCUT2D eigenvalue weighted by Crippen LogP contribution is -1.94. The quantitative estimate of drug-likeness (QED) is 0.767. The first-order chi connectivity index (χ1) is 9.17. The molecule has 0 N–H and O–H groups in total.